The van der Waals surface area contributed by atoms with E-state index in [1.807, 2.05) is 13.8 Å². The number of rotatable bonds is 3. The van der Waals surface area contributed by atoms with Gasteiger partial charge in [-0.25, -0.2) is 18.4 Å². The number of hydrogen-bond acceptors (Lipinski definition) is 5. The number of hydrogen-bond donors (Lipinski definition) is 1. The Bertz CT molecular complexity index is 468. The summed E-state index contributed by atoms with van der Waals surface area (Å²) in [5, 5.41) is 0. The van der Waals surface area contributed by atoms with Crippen molar-refractivity contribution in [3.63, 3.8) is 0 Å². The molecule has 0 saturated carbocycles. The average Bonchev–Trinajstić information content (AvgIpc) is 2.08. The van der Waals surface area contributed by atoms with E-state index in [-0.39, 0.29) is 11.6 Å². The summed E-state index contributed by atoms with van der Waals surface area (Å²) in [6, 6.07) is 0. The van der Waals surface area contributed by atoms with Crippen LogP contribution in [0.5, 0.6) is 0 Å². The van der Waals surface area contributed by atoms with Gasteiger partial charge in [0.1, 0.15) is 17.4 Å². The van der Waals surface area contributed by atoms with E-state index < -0.39 is 9.84 Å². The van der Waals surface area contributed by atoms with E-state index in [2.05, 4.69) is 9.97 Å². The van der Waals surface area contributed by atoms with Gasteiger partial charge in [-0.1, -0.05) is 6.92 Å². The van der Waals surface area contributed by atoms with Gasteiger partial charge in [0.2, 0.25) is 0 Å². The molecule has 1 heterocycles. The predicted molar refractivity (Wildman–Crippen MR) is 59.1 cm³/mol. The SMILES string of the molecule is CCc1nc(CS(C)(=O)=O)nc(N)c1C. The molecule has 5 nitrogen and oxygen atoms in total. The zero-order chi connectivity index (χ0) is 11.6. The maximum atomic E-state index is 11.1. The molecule has 0 atom stereocenters. The maximum Gasteiger partial charge on any atom is 0.154 e. The zero-order valence-corrected chi connectivity index (χ0v) is 9.93. The highest BCUT2D eigenvalue weighted by molar-refractivity contribution is 7.89. The van der Waals surface area contributed by atoms with E-state index in [0.29, 0.717) is 5.82 Å². The summed E-state index contributed by atoms with van der Waals surface area (Å²) in [6.07, 6.45) is 1.87. The van der Waals surface area contributed by atoms with Crippen LogP contribution in [0.3, 0.4) is 0 Å². The molecule has 1 aromatic rings. The number of nitrogen functional groups attached to an aromatic ring is 1. The van der Waals surface area contributed by atoms with Crippen molar-refractivity contribution >= 4 is 15.7 Å². The number of aryl methyl sites for hydroxylation is 1. The van der Waals surface area contributed by atoms with Crippen molar-refractivity contribution < 1.29 is 8.42 Å². The Kier molecular flexibility index (Phi) is 3.28. The third-order valence-corrected chi connectivity index (χ3v) is 2.84. The second kappa shape index (κ2) is 4.14. The molecular formula is C9H15N3O2S. The van der Waals surface area contributed by atoms with Crippen LogP contribution in [0.4, 0.5) is 5.82 Å². The van der Waals surface area contributed by atoms with Gasteiger partial charge in [0.15, 0.2) is 9.84 Å². The molecule has 15 heavy (non-hydrogen) atoms. The second-order valence-corrected chi connectivity index (χ2v) is 5.66. The summed E-state index contributed by atoms with van der Waals surface area (Å²) in [5.41, 5.74) is 7.31. The molecule has 0 unspecified atom stereocenters. The molecule has 84 valence electrons. The maximum absolute atomic E-state index is 11.1. The van der Waals surface area contributed by atoms with Crippen LogP contribution in [0.1, 0.15) is 24.0 Å². The van der Waals surface area contributed by atoms with Gasteiger partial charge in [-0.15, -0.1) is 0 Å². The lowest BCUT2D eigenvalue weighted by atomic mass is 10.2. The normalized spacial score (nSPS) is 11.7. The highest BCUT2D eigenvalue weighted by Crippen LogP contribution is 2.13. The van der Waals surface area contributed by atoms with Gasteiger partial charge in [-0.3, -0.25) is 0 Å². The highest BCUT2D eigenvalue weighted by atomic mass is 32.2. The molecule has 0 saturated heterocycles. The smallest absolute Gasteiger partial charge is 0.154 e. The van der Waals surface area contributed by atoms with E-state index in [1.165, 1.54) is 0 Å². The molecule has 1 aromatic heterocycles. The van der Waals surface area contributed by atoms with Gasteiger partial charge in [-0.2, -0.15) is 0 Å². The van der Waals surface area contributed by atoms with Gasteiger partial charge >= 0.3 is 0 Å². The minimum absolute atomic E-state index is 0.162. The zero-order valence-electron chi connectivity index (χ0n) is 9.11. The summed E-state index contributed by atoms with van der Waals surface area (Å²) in [6.45, 7) is 3.78. The Balaban J connectivity index is 3.17. The Hall–Kier alpha value is -1.17. The summed E-state index contributed by atoms with van der Waals surface area (Å²) in [5.74, 6) is 0.475. The van der Waals surface area contributed by atoms with Gasteiger partial charge in [0, 0.05) is 17.5 Å². The highest BCUT2D eigenvalue weighted by Gasteiger charge is 2.11. The topological polar surface area (TPSA) is 85.9 Å². The monoisotopic (exact) mass is 229 g/mol. The van der Waals surface area contributed by atoms with Crippen LogP contribution >= 0.6 is 0 Å². The predicted octanol–water partition coefficient (Wildman–Crippen LogP) is 0.474. The summed E-state index contributed by atoms with van der Waals surface area (Å²) < 4.78 is 22.2. The Labute approximate surface area is 89.7 Å². The molecule has 0 aromatic carbocycles. The molecule has 1 rings (SSSR count). The van der Waals surface area contributed by atoms with Gasteiger partial charge in [0.25, 0.3) is 0 Å². The molecule has 0 radical (unpaired) electrons. The van der Waals surface area contributed by atoms with E-state index in [9.17, 15) is 8.42 Å². The first kappa shape index (κ1) is 11.9. The fourth-order valence-corrected chi connectivity index (χ4v) is 1.88. The first-order valence-corrected chi connectivity index (χ1v) is 6.69. The lowest BCUT2D eigenvalue weighted by Crippen LogP contribution is -2.10. The quantitative estimate of drug-likeness (QED) is 0.814. The molecule has 2 N–H and O–H groups in total. The molecule has 0 aliphatic carbocycles. The largest absolute Gasteiger partial charge is 0.383 e. The van der Waals surface area contributed by atoms with Crippen molar-refractivity contribution in [3.8, 4) is 0 Å². The van der Waals surface area contributed by atoms with Crippen molar-refractivity contribution in [2.45, 2.75) is 26.0 Å². The van der Waals surface area contributed by atoms with Crippen LogP contribution in [0.2, 0.25) is 0 Å². The van der Waals surface area contributed by atoms with Crippen molar-refractivity contribution in [3.05, 3.63) is 17.1 Å². The van der Waals surface area contributed by atoms with Crippen LogP contribution in [-0.2, 0) is 22.0 Å². The lowest BCUT2D eigenvalue weighted by Gasteiger charge is -2.07. The number of nitrogens with zero attached hydrogens (tertiary/aromatic N) is 2. The molecule has 0 amide bonds. The minimum Gasteiger partial charge on any atom is -0.383 e. The number of aromatic nitrogens is 2. The van der Waals surface area contributed by atoms with E-state index in [1.54, 1.807) is 0 Å². The van der Waals surface area contributed by atoms with Gasteiger partial charge in [-0.05, 0) is 13.3 Å². The Morgan fingerprint density at radius 2 is 1.93 bits per heavy atom. The van der Waals surface area contributed by atoms with Crippen LogP contribution in [0.25, 0.3) is 0 Å². The Morgan fingerprint density at radius 1 is 1.33 bits per heavy atom. The third kappa shape index (κ3) is 3.16. The van der Waals surface area contributed by atoms with E-state index in [0.717, 1.165) is 23.9 Å². The first-order chi connectivity index (χ1) is 6.83. The number of nitrogens with two attached hydrogens (primary N) is 1. The fraction of sp³-hybridized carbons (Fsp3) is 0.556. The molecule has 0 spiro atoms. The summed E-state index contributed by atoms with van der Waals surface area (Å²) >= 11 is 0. The molecule has 0 aliphatic rings. The standard InChI is InChI=1S/C9H15N3O2S/c1-4-7-6(2)9(10)12-8(11-7)5-15(3,13)14/h4-5H2,1-3H3,(H2,10,11,12). The minimum atomic E-state index is -3.11. The van der Waals surface area contributed by atoms with Gasteiger partial charge < -0.3 is 5.73 Å². The molecule has 6 heteroatoms. The van der Waals surface area contributed by atoms with Crippen LogP contribution < -0.4 is 5.73 Å². The number of sulfone groups is 1. The second-order valence-electron chi connectivity index (χ2n) is 3.52. The van der Waals surface area contributed by atoms with E-state index in [4.69, 9.17) is 5.73 Å². The fourth-order valence-electron chi connectivity index (χ4n) is 1.28. The van der Waals surface area contributed by atoms with Crippen molar-refractivity contribution in [2.24, 2.45) is 0 Å². The number of anilines is 1. The van der Waals surface area contributed by atoms with Crippen molar-refractivity contribution in [1.82, 2.24) is 9.97 Å². The van der Waals surface area contributed by atoms with Crippen molar-refractivity contribution in [1.29, 1.82) is 0 Å². The first-order valence-electron chi connectivity index (χ1n) is 4.63. The average molecular weight is 229 g/mol. The molecule has 0 fully saturated rings. The van der Waals surface area contributed by atoms with Crippen LogP contribution in [0, 0.1) is 6.92 Å². The summed E-state index contributed by atoms with van der Waals surface area (Å²) in [4.78, 5) is 8.12. The van der Waals surface area contributed by atoms with Crippen LogP contribution in [-0.4, -0.2) is 24.6 Å². The van der Waals surface area contributed by atoms with Crippen molar-refractivity contribution in [2.75, 3.05) is 12.0 Å². The molecular weight excluding hydrogens is 214 g/mol. The molecule has 0 bridgehead atoms. The van der Waals surface area contributed by atoms with Gasteiger partial charge in [0.05, 0.1) is 0 Å². The molecule has 0 aliphatic heterocycles. The Morgan fingerprint density at radius 3 is 2.40 bits per heavy atom. The lowest BCUT2D eigenvalue weighted by molar-refractivity contribution is 0.599. The van der Waals surface area contributed by atoms with Crippen LogP contribution in [0.15, 0.2) is 0 Å². The third-order valence-electron chi connectivity index (χ3n) is 2.06. The van der Waals surface area contributed by atoms with E-state index >= 15 is 0 Å². The summed E-state index contributed by atoms with van der Waals surface area (Å²) in [7, 11) is -3.11.